The summed E-state index contributed by atoms with van der Waals surface area (Å²) in [5.41, 5.74) is 1.72. The predicted molar refractivity (Wildman–Crippen MR) is 116 cm³/mol. The number of hydrogen-bond donors (Lipinski definition) is 3. The second kappa shape index (κ2) is 8.87. The molecule has 0 radical (unpaired) electrons. The van der Waals surface area contributed by atoms with Gasteiger partial charge in [-0.25, -0.2) is 4.79 Å². The van der Waals surface area contributed by atoms with Crippen LogP contribution >= 0.6 is 12.2 Å². The first-order chi connectivity index (χ1) is 14.3. The zero-order valence-electron chi connectivity index (χ0n) is 16.2. The molecule has 1 saturated heterocycles. The van der Waals surface area contributed by atoms with Crippen molar-refractivity contribution < 1.29 is 19.6 Å². The SMILES string of the molecule is Cc1ccc(C(=O)O)cc1NC(=S)NC(=O)c1ccc(N2CCCC2)c([N+](=O)[O-])c1. The second-order valence-electron chi connectivity index (χ2n) is 6.90. The molecular formula is C20H20N4O5S. The van der Waals surface area contributed by atoms with Gasteiger partial charge in [-0.3, -0.25) is 20.2 Å². The van der Waals surface area contributed by atoms with Gasteiger partial charge in [-0.15, -0.1) is 0 Å². The molecule has 1 fully saturated rings. The number of aryl methyl sites for hydroxylation is 1. The van der Waals surface area contributed by atoms with E-state index >= 15 is 0 Å². The lowest BCUT2D eigenvalue weighted by molar-refractivity contribution is -0.384. The number of nitro groups is 1. The number of carboxylic acid groups (broad SMARTS) is 1. The summed E-state index contributed by atoms with van der Waals surface area (Å²) in [5.74, 6) is -1.69. The Kier molecular flexibility index (Phi) is 6.26. The lowest BCUT2D eigenvalue weighted by atomic mass is 10.1. The monoisotopic (exact) mass is 428 g/mol. The average molecular weight is 428 g/mol. The third-order valence-corrected chi connectivity index (χ3v) is 5.04. The number of hydrogen-bond acceptors (Lipinski definition) is 6. The highest BCUT2D eigenvalue weighted by Gasteiger charge is 2.24. The molecule has 10 heteroatoms. The Morgan fingerprint density at radius 3 is 2.43 bits per heavy atom. The number of aromatic carboxylic acids is 1. The molecule has 0 saturated carbocycles. The Hall–Kier alpha value is -3.53. The summed E-state index contributed by atoms with van der Waals surface area (Å²) < 4.78 is 0. The summed E-state index contributed by atoms with van der Waals surface area (Å²) in [6.07, 6.45) is 1.95. The summed E-state index contributed by atoms with van der Waals surface area (Å²) >= 11 is 5.15. The van der Waals surface area contributed by atoms with Gasteiger partial charge in [-0.1, -0.05) is 6.07 Å². The van der Waals surface area contributed by atoms with Crippen LogP contribution in [0.1, 0.15) is 39.1 Å². The maximum atomic E-state index is 12.5. The highest BCUT2D eigenvalue weighted by atomic mass is 32.1. The summed E-state index contributed by atoms with van der Waals surface area (Å²) in [4.78, 5) is 36.6. The van der Waals surface area contributed by atoms with Gasteiger partial charge in [0.2, 0.25) is 0 Å². The van der Waals surface area contributed by atoms with E-state index in [4.69, 9.17) is 17.3 Å². The fraction of sp³-hybridized carbons (Fsp3) is 0.250. The van der Waals surface area contributed by atoms with Crippen molar-refractivity contribution in [3.8, 4) is 0 Å². The highest BCUT2D eigenvalue weighted by molar-refractivity contribution is 7.80. The van der Waals surface area contributed by atoms with Crippen molar-refractivity contribution in [3.05, 3.63) is 63.2 Å². The molecule has 2 aromatic rings. The molecule has 30 heavy (non-hydrogen) atoms. The maximum Gasteiger partial charge on any atom is 0.335 e. The fourth-order valence-electron chi connectivity index (χ4n) is 3.25. The van der Waals surface area contributed by atoms with Crippen LogP contribution in [0.3, 0.4) is 0 Å². The third-order valence-electron chi connectivity index (χ3n) is 4.84. The molecular weight excluding hydrogens is 408 g/mol. The minimum atomic E-state index is -1.08. The van der Waals surface area contributed by atoms with Gasteiger partial charge in [0.1, 0.15) is 5.69 Å². The van der Waals surface area contributed by atoms with E-state index in [2.05, 4.69) is 10.6 Å². The van der Waals surface area contributed by atoms with E-state index in [0.29, 0.717) is 11.4 Å². The van der Waals surface area contributed by atoms with E-state index < -0.39 is 16.8 Å². The molecule has 0 bridgehead atoms. The molecule has 1 aliphatic rings. The van der Waals surface area contributed by atoms with Crippen molar-refractivity contribution in [2.45, 2.75) is 19.8 Å². The van der Waals surface area contributed by atoms with Crippen LogP contribution in [0, 0.1) is 17.0 Å². The van der Waals surface area contributed by atoms with Crippen molar-refractivity contribution in [1.29, 1.82) is 0 Å². The molecule has 3 N–H and O–H groups in total. The van der Waals surface area contributed by atoms with Crippen LogP contribution in [0.15, 0.2) is 36.4 Å². The molecule has 3 rings (SSSR count). The van der Waals surface area contributed by atoms with Gasteiger partial charge in [0.05, 0.1) is 10.5 Å². The fourth-order valence-corrected chi connectivity index (χ4v) is 3.46. The number of nitro benzene ring substituents is 1. The van der Waals surface area contributed by atoms with Crippen molar-refractivity contribution in [3.63, 3.8) is 0 Å². The zero-order chi connectivity index (χ0) is 21.8. The summed E-state index contributed by atoms with van der Waals surface area (Å²) in [5, 5.41) is 25.8. The Morgan fingerprint density at radius 2 is 1.80 bits per heavy atom. The number of thiocarbonyl (C=S) groups is 1. The second-order valence-corrected chi connectivity index (χ2v) is 7.31. The average Bonchev–Trinajstić information content (AvgIpc) is 3.23. The van der Waals surface area contributed by atoms with Gasteiger partial charge in [-0.2, -0.15) is 0 Å². The molecule has 1 aliphatic heterocycles. The predicted octanol–water partition coefficient (Wildman–Crippen LogP) is 3.33. The summed E-state index contributed by atoms with van der Waals surface area (Å²) in [6, 6.07) is 8.83. The van der Waals surface area contributed by atoms with Crippen molar-refractivity contribution in [2.24, 2.45) is 0 Å². The van der Waals surface area contributed by atoms with Gasteiger partial charge in [0.25, 0.3) is 11.6 Å². The molecule has 0 aromatic heterocycles. The smallest absolute Gasteiger partial charge is 0.335 e. The van der Waals surface area contributed by atoms with Crippen LogP contribution < -0.4 is 15.5 Å². The van der Waals surface area contributed by atoms with Crippen LogP contribution in [-0.4, -0.2) is 40.1 Å². The van der Waals surface area contributed by atoms with Crippen LogP contribution in [0.4, 0.5) is 17.1 Å². The van der Waals surface area contributed by atoms with Gasteiger partial charge in [0, 0.05) is 30.4 Å². The third kappa shape index (κ3) is 4.71. The first kappa shape index (κ1) is 21.2. The Labute approximate surface area is 177 Å². The van der Waals surface area contributed by atoms with E-state index in [0.717, 1.165) is 31.5 Å². The normalized spacial score (nSPS) is 13.0. The van der Waals surface area contributed by atoms with Gasteiger partial charge in [0.15, 0.2) is 5.11 Å². The van der Waals surface area contributed by atoms with E-state index in [1.807, 2.05) is 4.90 Å². The Morgan fingerprint density at radius 1 is 1.13 bits per heavy atom. The van der Waals surface area contributed by atoms with Gasteiger partial charge < -0.3 is 15.3 Å². The molecule has 0 atom stereocenters. The number of nitrogens with one attached hydrogen (secondary N) is 2. The molecule has 1 amide bonds. The van der Waals surface area contributed by atoms with Crippen LogP contribution in [-0.2, 0) is 0 Å². The lowest BCUT2D eigenvalue weighted by Gasteiger charge is -2.18. The first-order valence-electron chi connectivity index (χ1n) is 9.26. The molecule has 1 heterocycles. The quantitative estimate of drug-likeness (QED) is 0.376. The van der Waals surface area contributed by atoms with Crippen LogP contribution in [0.5, 0.6) is 0 Å². The molecule has 0 unspecified atom stereocenters. The minimum absolute atomic E-state index is 0.0445. The van der Waals surface area contributed by atoms with E-state index in [9.17, 15) is 19.7 Å². The van der Waals surface area contributed by atoms with Crippen molar-refractivity contribution in [2.75, 3.05) is 23.3 Å². The zero-order valence-corrected chi connectivity index (χ0v) is 17.0. The number of nitrogens with zero attached hydrogens (tertiary/aromatic N) is 2. The van der Waals surface area contributed by atoms with E-state index in [1.165, 1.54) is 24.3 Å². The molecule has 0 aliphatic carbocycles. The number of carbonyl (C=O) groups excluding carboxylic acids is 1. The van der Waals surface area contributed by atoms with Gasteiger partial charge in [-0.05, 0) is 61.8 Å². The number of carbonyl (C=O) groups is 2. The Bertz CT molecular complexity index is 1030. The van der Waals surface area contributed by atoms with Crippen molar-refractivity contribution >= 4 is 46.3 Å². The Balaban J connectivity index is 1.75. The van der Waals surface area contributed by atoms with Crippen LogP contribution in [0.2, 0.25) is 0 Å². The van der Waals surface area contributed by atoms with Gasteiger partial charge >= 0.3 is 5.97 Å². The largest absolute Gasteiger partial charge is 0.478 e. The van der Waals surface area contributed by atoms with E-state index in [-0.39, 0.29) is 21.9 Å². The molecule has 156 valence electrons. The number of rotatable bonds is 5. The molecule has 0 spiro atoms. The number of amides is 1. The lowest BCUT2D eigenvalue weighted by Crippen LogP contribution is -2.34. The first-order valence-corrected chi connectivity index (χ1v) is 9.67. The number of carboxylic acids is 1. The highest BCUT2D eigenvalue weighted by Crippen LogP contribution is 2.31. The summed E-state index contributed by atoms with van der Waals surface area (Å²) in [7, 11) is 0. The summed E-state index contributed by atoms with van der Waals surface area (Å²) in [6.45, 7) is 3.25. The standard InChI is InChI=1S/C20H20N4O5S/c1-12-4-5-14(19(26)27)10-15(12)21-20(30)22-18(25)13-6-7-16(17(11-13)24(28)29)23-8-2-3-9-23/h4-7,10-11H,2-3,8-9H2,1H3,(H,26,27)(H2,21,22,25,30). The molecule has 2 aromatic carbocycles. The maximum absolute atomic E-state index is 12.5. The number of anilines is 2. The van der Waals surface area contributed by atoms with Crippen molar-refractivity contribution in [1.82, 2.24) is 5.32 Å². The minimum Gasteiger partial charge on any atom is -0.478 e. The molecule has 9 nitrogen and oxygen atoms in total. The van der Waals surface area contributed by atoms with E-state index in [1.54, 1.807) is 19.1 Å². The van der Waals surface area contributed by atoms with Crippen LogP contribution in [0.25, 0.3) is 0 Å². The number of benzene rings is 2. The topological polar surface area (TPSA) is 125 Å².